The molecule has 0 fully saturated rings. The van der Waals surface area contributed by atoms with E-state index in [1.165, 1.54) is 5.57 Å². The summed E-state index contributed by atoms with van der Waals surface area (Å²) in [5, 5.41) is 9.90. The monoisotopic (exact) mass is 322 g/mol. The number of aromatic nitrogens is 1. The Morgan fingerprint density at radius 1 is 1.45 bits per heavy atom. The minimum Gasteiger partial charge on any atom is -0.377 e. The lowest BCUT2D eigenvalue weighted by Crippen LogP contribution is -2.37. The van der Waals surface area contributed by atoms with Gasteiger partial charge in [0.05, 0.1) is 25.5 Å². The molecule has 2 rings (SSSR count). The van der Waals surface area contributed by atoms with Crippen LogP contribution < -0.4 is 10.6 Å². The van der Waals surface area contributed by atoms with Crippen LogP contribution >= 0.6 is 11.3 Å². The fraction of sp³-hybridized carbons (Fsp3) is 0.625. The summed E-state index contributed by atoms with van der Waals surface area (Å²) in [5.74, 6) is 1.31. The highest BCUT2D eigenvalue weighted by Crippen LogP contribution is 2.17. The van der Waals surface area contributed by atoms with Crippen LogP contribution in [0.5, 0.6) is 0 Å². The van der Waals surface area contributed by atoms with Crippen LogP contribution in [0.4, 0.5) is 0 Å². The van der Waals surface area contributed by atoms with Crippen molar-refractivity contribution in [3.8, 4) is 0 Å². The summed E-state index contributed by atoms with van der Waals surface area (Å²) < 4.78 is 5.32. The highest BCUT2D eigenvalue weighted by atomic mass is 32.1. The minimum absolute atomic E-state index is 0.482. The van der Waals surface area contributed by atoms with Crippen molar-refractivity contribution in [3.63, 3.8) is 0 Å². The van der Waals surface area contributed by atoms with Crippen LogP contribution in [0.1, 0.15) is 43.3 Å². The van der Waals surface area contributed by atoms with Crippen molar-refractivity contribution in [1.82, 2.24) is 15.6 Å². The van der Waals surface area contributed by atoms with E-state index in [2.05, 4.69) is 45.9 Å². The van der Waals surface area contributed by atoms with Crippen LogP contribution in [0.15, 0.2) is 22.0 Å². The quantitative estimate of drug-likeness (QED) is 0.480. The summed E-state index contributed by atoms with van der Waals surface area (Å²) in [6.45, 7) is 7.54. The van der Waals surface area contributed by atoms with Crippen molar-refractivity contribution in [3.05, 3.63) is 27.7 Å². The SMILES string of the molecule is CN=C(NCCC1=CCOCC1)NCc1nc(C(C)C)cs1. The van der Waals surface area contributed by atoms with Gasteiger partial charge in [0.15, 0.2) is 5.96 Å². The average Bonchev–Trinajstić information content (AvgIpc) is 3.01. The predicted octanol–water partition coefficient (Wildman–Crippen LogP) is 2.67. The number of rotatable bonds is 6. The molecule has 0 radical (unpaired) electrons. The molecule has 0 saturated carbocycles. The second-order valence-electron chi connectivity index (χ2n) is 5.61. The van der Waals surface area contributed by atoms with Gasteiger partial charge in [0.1, 0.15) is 5.01 Å². The van der Waals surface area contributed by atoms with Crippen molar-refractivity contribution >= 4 is 17.3 Å². The van der Waals surface area contributed by atoms with Gasteiger partial charge in [-0.3, -0.25) is 4.99 Å². The van der Waals surface area contributed by atoms with Crippen LogP contribution in [0.3, 0.4) is 0 Å². The lowest BCUT2D eigenvalue weighted by Gasteiger charge is -2.15. The molecule has 22 heavy (non-hydrogen) atoms. The second kappa shape index (κ2) is 8.90. The Hall–Kier alpha value is -1.40. The number of nitrogens with one attached hydrogen (secondary N) is 2. The van der Waals surface area contributed by atoms with Gasteiger partial charge in [0.25, 0.3) is 0 Å². The normalized spacial score (nSPS) is 15.8. The Bertz CT molecular complexity index is 522. The molecule has 2 heterocycles. The average molecular weight is 322 g/mol. The molecule has 0 aromatic carbocycles. The Morgan fingerprint density at radius 2 is 2.32 bits per heavy atom. The lowest BCUT2D eigenvalue weighted by molar-refractivity contribution is 0.153. The third-order valence-corrected chi connectivity index (χ3v) is 4.45. The Labute approximate surface area is 136 Å². The van der Waals surface area contributed by atoms with Gasteiger partial charge >= 0.3 is 0 Å². The molecule has 5 nitrogen and oxygen atoms in total. The van der Waals surface area contributed by atoms with E-state index in [9.17, 15) is 0 Å². The largest absolute Gasteiger partial charge is 0.377 e. The van der Waals surface area contributed by atoms with E-state index in [1.807, 2.05) is 0 Å². The smallest absolute Gasteiger partial charge is 0.191 e. The number of guanidine groups is 1. The van der Waals surface area contributed by atoms with Gasteiger partial charge in [-0.25, -0.2) is 4.98 Å². The molecule has 0 unspecified atom stereocenters. The first-order valence-electron chi connectivity index (χ1n) is 7.83. The summed E-state index contributed by atoms with van der Waals surface area (Å²) in [7, 11) is 1.80. The molecule has 122 valence electrons. The van der Waals surface area contributed by atoms with Crippen LogP contribution in [0.25, 0.3) is 0 Å². The van der Waals surface area contributed by atoms with Gasteiger partial charge in [0.2, 0.25) is 0 Å². The maximum Gasteiger partial charge on any atom is 0.191 e. The molecule has 2 N–H and O–H groups in total. The highest BCUT2D eigenvalue weighted by Gasteiger charge is 2.07. The van der Waals surface area contributed by atoms with Gasteiger partial charge in [-0.2, -0.15) is 0 Å². The summed E-state index contributed by atoms with van der Waals surface area (Å²) in [4.78, 5) is 8.87. The number of nitrogens with zero attached hydrogens (tertiary/aromatic N) is 2. The third kappa shape index (κ3) is 5.42. The summed E-state index contributed by atoms with van der Waals surface area (Å²) in [6.07, 6.45) is 4.27. The van der Waals surface area contributed by atoms with E-state index in [0.717, 1.165) is 49.3 Å². The molecule has 0 spiro atoms. The van der Waals surface area contributed by atoms with Crippen molar-refractivity contribution in [2.45, 2.75) is 39.2 Å². The topological polar surface area (TPSA) is 58.5 Å². The van der Waals surface area contributed by atoms with Gasteiger partial charge in [-0.05, 0) is 18.8 Å². The van der Waals surface area contributed by atoms with E-state index in [0.29, 0.717) is 12.5 Å². The second-order valence-corrected chi connectivity index (χ2v) is 6.55. The third-order valence-electron chi connectivity index (χ3n) is 3.59. The number of ether oxygens (including phenoxy) is 1. The van der Waals surface area contributed by atoms with Crippen LogP contribution in [-0.2, 0) is 11.3 Å². The number of hydrogen-bond acceptors (Lipinski definition) is 4. The van der Waals surface area contributed by atoms with Crippen molar-refractivity contribution in [1.29, 1.82) is 0 Å². The molecule has 0 bridgehead atoms. The molecule has 0 saturated heterocycles. The van der Waals surface area contributed by atoms with Crippen LogP contribution in [0.2, 0.25) is 0 Å². The summed E-state index contributed by atoms with van der Waals surface area (Å²) in [6, 6.07) is 0. The van der Waals surface area contributed by atoms with Crippen LogP contribution in [0, 0.1) is 0 Å². The zero-order chi connectivity index (χ0) is 15.8. The molecule has 0 amide bonds. The molecule has 1 aromatic rings. The van der Waals surface area contributed by atoms with E-state index in [1.54, 1.807) is 18.4 Å². The lowest BCUT2D eigenvalue weighted by atomic mass is 10.1. The maximum absolute atomic E-state index is 5.32. The zero-order valence-electron chi connectivity index (χ0n) is 13.7. The first kappa shape index (κ1) is 17.0. The zero-order valence-corrected chi connectivity index (χ0v) is 14.5. The first-order valence-corrected chi connectivity index (χ1v) is 8.71. The number of hydrogen-bond donors (Lipinski definition) is 2. The van der Waals surface area contributed by atoms with E-state index in [-0.39, 0.29) is 0 Å². The molecule has 0 atom stereocenters. The van der Waals surface area contributed by atoms with Crippen molar-refractivity contribution < 1.29 is 4.74 Å². The first-order chi connectivity index (χ1) is 10.7. The predicted molar refractivity (Wildman–Crippen MR) is 92.5 cm³/mol. The summed E-state index contributed by atoms with van der Waals surface area (Å²) >= 11 is 1.70. The fourth-order valence-corrected chi connectivity index (χ4v) is 3.08. The van der Waals surface area contributed by atoms with Gasteiger partial charge in [-0.15, -0.1) is 11.3 Å². The molecule has 1 aliphatic rings. The van der Waals surface area contributed by atoms with Gasteiger partial charge in [-0.1, -0.05) is 25.5 Å². The molecule has 1 aliphatic heterocycles. The van der Waals surface area contributed by atoms with E-state index in [4.69, 9.17) is 4.74 Å². The standard InChI is InChI=1S/C16H26N4OS/c1-12(2)14-11-22-15(20-14)10-19-16(17-3)18-7-4-13-5-8-21-9-6-13/h5,11-12H,4,6-10H2,1-3H3,(H2,17,18,19). The summed E-state index contributed by atoms with van der Waals surface area (Å²) in [5.41, 5.74) is 2.63. The maximum atomic E-state index is 5.32. The van der Waals surface area contributed by atoms with Crippen LogP contribution in [-0.4, -0.2) is 37.7 Å². The Balaban J connectivity index is 1.71. The fourth-order valence-electron chi connectivity index (χ4n) is 2.19. The minimum atomic E-state index is 0.482. The number of aliphatic imine (C=N–C) groups is 1. The number of thiazole rings is 1. The van der Waals surface area contributed by atoms with Crippen molar-refractivity contribution in [2.75, 3.05) is 26.8 Å². The highest BCUT2D eigenvalue weighted by molar-refractivity contribution is 7.09. The molecular formula is C16H26N4OS. The van der Waals surface area contributed by atoms with Gasteiger partial charge in [0, 0.05) is 19.0 Å². The molecule has 6 heteroatoms. The Kier molecular flexibility index (Phi) is 6.86. The van der Waals surface area contributed by atoms with Crippen molar-refractivity contribution in [2.24, 2.45) is 4.99 Å². The van der Waals surface area contributed by atoms with Gasteiger partial charge < -0.3 is 15.4 Å². The van der Waals surface area contributed by atoms with E-state index >= 15 is 0 Å². The van der Waals surface area contributed by atoms with E-state index < -0.39 is 0 Å². The molecule has 1 aromatic heterocycles. The Morgan fingerprint density at radius 3 is 2.95 bits per heavy atom. The molecule has 0 aliphatic carbocycles. The molecular weight excluding hydrogens is 296 g/mol.